The van der Waals surface area contributed by atoms with Crippen molar-refractivity contribution in [1.82, 2.24) is 10.3 Å². The normalized spacial score (nSPS) is 11.2. The Morgan fingerprint density at radius 1 is 1.39 bits per heavy atom. The number of hydrogen-bond acceptors (Lipinski definition) is 3. The first-order chi connectivity index (χ1) is 8.58. The lowest BCUT2D eigenvalue weighted by atomic mass is 10.1. The number of hydrogen-bond donors (Lipinski definition) is 1. The third-order valence-electron chi connectivity index (χ3n) is 2.67. The first kappa shape index (κ1) is 12.8. The monoisotopic (exact) mass is 248 g/mol. The van der Waals surface area contributed by atoms with Gasteiger partial charge in [-0.15, -0.1) is 0 Å². The molecule has 96 valence electrons. The molecule has 1 N–H and O–H groups in total. The molecule has 0 aliphatic carbocycles. The van der Waals surface area contributed by atoms with Gasteiger partial charge in [-0.05, 0) is 18.6 Å². The molecule has 0 atom stereocenters. The molecule has 0 aliphatic heterocycles. The number of aryl methyl sites for hydroxylation is 1. The van der Waals surface area contributed by atoms with Gasteiger partial charge in [0.05, 0.1) is 18.3 Å². The van der Waals surface area contributed by atoms with E-state index in [2.05, 4.69) is 10.3 Å². The Morgan fingerprint density at radius 2 is 2.17 bits per heavy atom. The number of aromatic nitrogens is 1. The molecule has 2 aromatic rings. The molecule has 0 bridgehead atoms. The molecular formula is C14H17FN2O. The van der Waals surface area contributed by atoms with Crippen LogP contribution in [0.15, 0.2) is 28.8 Å². The fourth-order valence-electron chi connectivity index (χ4n) is 1.65. The predicted octanol–water partition coefficient (Wildman–Crippen LogP) is 3.29. The summed E-state index contributed by atoms with van der Waals surface area (Å²) in [5, 5.41) is 3.20. The van der Waals surface area contributed by atoms with Gasteiger partial charge < -0.3 is 9.73 Å². The Morgan fingerprint density at radius 3 is 2.89 bits per heavy atom. The summed E-state index contributed by atoms with van der Waals surface area (Å²) < 4.78 is 19.4. The van der Waals surface area contributed by atoms with Crippen LogP contribution < -0.4 is 5.32 Å². The molecule has 1 aromatic carbocycles. The van der Waals surface area contributed by atoms with Crippen LogP contribution in [0.4, 0.5) is 4.39 Å². The Bertz CT molecular complexity index is 534. The SMILES string of the molecule is Cc1cccc(-c2cnc(CNC(C)C)o2)c1F. The van der Waals surface area contributed by atoms with Crippen molar-refractivity contribution in [2.45, 2.75) is 33.4 Å². The fourth-order valence-corrected chi connectivity index (χ4v) is 1.65. The van der Waals surface area contributed by atoms with E-state index in [-0.39, 0.29) is 5.82 Å². The highest BCUT2D eigenvalue weighted by Gasteiger charge is 2.12. The highest BCUT2D eigenvalue weighted by Crippen LogP contribution is 2.25. The summed E-state index contributed by atoms with van der Waals surface area (Å²) in [5.41, 5.74) is 1.06. The van der Waals surface area contributed by atoms with Gasteiger partial charge in [-0.25, -0.2) is 9.37 Å². The minimum Gasteiger partial charge on any atom is -0.439 e. The van der Waals surface area contributed by atoms with Crippen LogP contribution in [-0.4, -0.2) is 11.0 Å². The van der Waals surface area contributed by atoms with Gasteiger partial charge in [0.2, 0.25) is 5.89 Å². The average Bonchev–Trinajstić information content (AvgIpc) is 2.78. The lowest BCUT2D eigenvalue weighted by Gasteiger charge is -2.04. The van der Waals surface area contributed by atoms with Gasteiger partial charge in [0.1, 0.15) is 5.82 Å². The van der Waals surface area contributed by atoms with Crippen molar-refractivity contribution < 1.29 is 8.81 Å². The van der Waals surface area contributed by atoms with Crippen molar-refractivity contribution in [3.63, 3.8) is 0 Å². The van der Waals surface area contributed by atoms with Crippen LogP contribution in [0.5, 0.6) is 0 Å². The topological polar surface area (TPSA) is 38.1 Å². The molecule has 0 saturated heterocycles. The second kappa shape index (κ2) is 5.31. The number of benzene rings is 1. The molecule has 0 radical (unpaired) electrons. The molecule has 3 nitrogen and oxygen atoms in total. The highest BCUT2D eigenvalue weighted by molar-refractivity contribution is 5.58. The molecule has 0 aliphatic rings. The number of nitrogens with zero attached hydrogens (tertiary/aromatic N) is 1. The number of halogens is 1. The summed E-state index contributed by atoms with van der Waals surface area (Å²) in [4.78, 5) is 4.14. The van der Waals surface area contributed by atoms with Crippen LogP contribution in [-0.2, 0) is 6.54 Å². The Kier molecular flexibility index (Phi) is 3.77. The van der Waals surface area contributed by atoms with E-state index < -0.39 is 0 Å². The second-order valence-corrected chi connectivity index (χ2v) is 4.59. The van der Waals surface area contributed by atoms with Crippen molar-refractivity contribution in [1.29, 1.82) is 0 Å². The average molecular weight is 248 g/mol. The van der Waals surface area contributed by atoms with Gasteiger partial charge >= 0.3 is 0 Å². The molecule has 0 amide bonds. The van der Waals surface area contributed by atoms with E-state index in [1.807, 2.05) is 19.9 Å². The van der Waals surface area contributed by atoms with Gasteiger partial charge in [0, 0.05) is 6.04 Å². The summed E-state index contributed by atoms with van der Waals surface area (Å²) in [7, 11) is 0. The Balaban J connectivity index is 2.21. The van der Waals surface area contributed by atoms with E-state index in [0.717, 1.165) is 0 Å². The van der Waals surface area contributed by atoms with Crippen molar-refractivity contribution in [2.75, 3.05) is 0 Å². The lowest BCUT2D eigenvalue weighted by molar-refractivity contribution is 0.457. The van der Waals surface area contributed by atoms with Crippen molar-refractivity contribution >= 4 is 0 Å². The maximum atomic E-state index is 13.9. The van der Waals surface area contributed by atoms with Crippen molar-refractivity contribution in [3.05, 3.63) is 41.7 Å². The molecule has 4 heteroatoms. The van der Waals surface area contributed by atoms with E-state index >= 15 is 0 Å². The highest BCUT2D eigenvalue weighted by atomic mass is 19.1. The second-order valence-electron chi connectivity index (χ2n) is 4.59. The quantitative estimate of drug-likeness (QED) is 0.902. The first-order valence-corrected chi connectivity index (χ1v) is 6.01. The van der Waals surface area contributed by atoms with Gasteiger partial charge in [0.25, 0.3) is 0 Å². The molecule has 0 spiro atoms. The van der Waals surface area contributed by atoms with Crippen LogP contribution in [0, 0.1) is 12.7 Å². The molecule has 18 heavy (non-hydrogen) atoms. The molecule has 0 fully saturated rings. The van der Waals surface area contributed by atoms with Crippen LogP contribution in [0.1, 0.15) is 25.3 Å². The molecule has 0 unspecified atom stereocenters. The predicted molar refractivity (Wildman–Crippen MR) is 68.6 cm³/mol. The van der Waals surface area contributed by atoms with E-state index in [1.54, 1.807) is 25.3 Å². The van der Waals surface area contributed by atoms with Crippen LogP contribution in [0.25, 0.3) is 11.3 Å². The largest absolute Gasteiger partial charge is 0.439 e. The van der Waals surface area contributed by atoms with E-state index in [1.165, 1.54) is 0 Å². The summed E-state index contributed by atoms with van der Waals surface area (Å²) in [6, 6.07) is 5.59. The van der Waals surface area contributed by atoms with E-state index in [9.17, 15) is 4.39 Å². The summed E-state index contributed by atoms with van der Waals surface area (Å²) >= 11 is 0. The Labute approximate surface area is 106 Å². The fraction of sp³-hybridized carbons (Fsp3) is 0.357. The molecule has 1 aromatic heterocycles. The zero-order valence-corrected chi connectivity index (χ0v) is 10.8. The lowest BCUT2D eigenvalue weighted by Crippen LogP contribution is -2.21. The first-order valence-electron chi connectivity index (χ1n) is 6.01. The number of rotatable bonds is 4. The maximum absolute atomic E-state index is 13.9. The van der Waals surface area contributed by atoms with Gasteiger partial charge in [-0.1, -0.05) is 26.0 Å². The minimum absolute atomic E-state index is 0.253. The molecule has 2 rings (SSSR count). The zero-order chi connectivity index (χ0) is 13.1. The van der Waals surface area contributed by atoms with E-state index in [4.69, 9.17) is 4.42 Å². The number of nitrogens with one attached hydrogen (secondary N) is 1. The van der Waals surface area contributed by atoms with Gasteiger partial charge in [-0.3, -0.25) is 0 Å². The molecule has 1 heterocycles. The van der Waals surface area contributed by atoms with Crippen molar-refractivity contribution in [3.8, 4) is 11.3 Å². The maximum Gasteiger partial charge on any atom is 0.208 e. The van der Waals surface area contributed by atoms with Crippen LogP contribution in [0.2, 0.25) is 0 Å². The van der Waals surface area contributed by atoms with Crippen LogP contribution >= 0.6 is 0 Å². The van der Waals surface area contributed by atoms with Gasteiger partial charge in [0.15, 0.2) is 5.76 Å². The van der Waals surface area contributed by atoms with E-state index in [0.29, 0.717) is 35.4 Å². The van der Waals surface area contributed by atoms with Crippen molar-refractivity contribution in [2.24, 2.45) is 0 Å². The number of oxazole rings is 1. The summed E-state index contributed by atoms with van der Waals surface area (Å²) in [6.45, 7) is 6.37. The zero-order valence-electron chi connectivity index (χ0n) is 10.8. The third kappa shape index (κ3) is 2.76. The molecular weight excluding hydrogens is 231 g/mol. The standard InChI is InChI=1S/C14H17FN2O/c1-9(2)16-8-13-17-7-12(18-13)11-6-4-5-10(3)14(11)15/h4-7,9,16H,8H2,1-3H3. The summed E-state index contributed by atoms with van der Waals surface area (Å²) in [6.07, 6.45) is 1.56. The van der Waals surface area contributed by atoms with Crippen LogP contribution in [0.3, 0.4) is 0 Å². The Hall–Kier alpha value is -1.68. The molecule has 0 saturated carbocycles. The smallest absolute Gasteiger partial charge is 0.208 e. The third-order valence-corrected chi connectivity index (χ3v) is 2.67. The minimum atomic E-state index is -0.253. The van der Waals surface area contributed by atoms with Gasteiger partial charge in [-0.2, -0.15) is 0 Å². The summed E-state index contributed by atoms with van der Waals surface area (Å²) in [5.74, 6) is 0.786.